The van der Waals surface area contributed by atoms with Crippen molar-refractivity contribution in [3.8, 4) is 12.3 Å². The van der Waals surface area contributed by atoms with E-state index in [1.807, 2.05) is 0 Å². The molecule has 0 unspecified atom stereocenters. The van der Waals surface area contributed by atoms with E-state index in [-0.39, 0.29) is 23.9 Å². The number of carbonyl (C=O) groups excluding carboxylic acids is 1. The van der Waals surface area contributed by atoms with E-state index >= 15 is 0 Å². The molecule has 1 rings (SSSR count). The van der Waals surface area contributed by atoms with Crippen LogP contribution in [0.3, 0.4) is 0 Å². The summed E-state index contributed by atoms with van der Waals surface area (Å²) in [4.78, 5) is 13.0. The van der Waals surface area contributed by atoms with Gasteiger partial charge in [0, 0.05) is 12.1 Å². The normalized spacial score (nSPS) is 9.62. The number of benzene rings is 1. The van der Waals surface area contributed by atoms with Gasteiger partial charge in [0.2, 0.25) is 5.91 Å². The Morgan fingerprint density at radius 1 is 1.62 bits per heavy atom. The quantitative estimate of drug-likeness (QED) is 0.740. The minimum atomic E-state index is -0.418. The Hall–Kier alpha value is -1.53. The first kappa shape index (κ1) is 12.5. The van der Waals surface area contributed by atoms with E-state index in [1.54, 1.807) is 7.05 Å². The van der Waals surface area contributed by atoms with E-state index in [0.717, 1.165) is 0 Å². The molecule has 84 valence electrons. The maximum Gasteiger partial charge on any atom is 0.227 e. The van der Waals surface area contributed by atoms with Crippen LogP contribution in [0.25, 0.3) is 0 Å². The number of amides is 1. The molecular weight excluding hydrogens is 229 g/mol. The zero-order valence-corrected chi connectivity index (χ0v) is 9.59. The molecule has 0 saturated carbocycles. The van der Waals surface area contributed by atoms with Crippen LogP contribution in [-0.2, 0) is 11.2 Å². The summed E-state index contributed by atoms with van der Waals surface area (Å²) >= 11 is 5.80. The average molecular weight is 240 g/mol. The third-order valence-corrected chi connectivity index (χ3v) is 2.46. The molecule has 4 heteroatoms. The molecule has 0 heterocycles. The molecule has 1 aromatic carbocycles. The molecule has 0 atom stereocenters. The van der Waals surface area contributed by atoms with Gasteiger partial charge in [-0.05, 0) is 17.7 Å². The van der Waals surface area contributed by atoms with Crippen molar-refractivity contribution in [1.82, 2.24) is 4.90 Å². The SMILES string of the molecule is C#CCN(C)C(=O)Cc1ccc(F)cc1Cl. The Bertz CT molecular complexity index is 439. The number of rotatable bonds is 3. The molecule has 16 heavy (non-hydrogen) atoms. The second kappa shape index (κ2) is 5.53. The highest BCUT2D eigenvalue weighted by atomic mass is 35.5. The summed E-state index contributed by atoms with van der Waals surface area (Å²) < 4.78 is 12.8. The van der Waals surface area contributed by atoms with Crippen LogP contribution in [0.5, 0.6) is 0 Å². The molecule has 1 aromatic rings. The lowest BCUT2D eigenvalue weighted by Gasteiger charge is -2.14. The summed E-state index contributed by atoms with van der Waals surface area (Å²) in [6.45, 7) is 0.248. The predicted molar refractivity (Wildman–Crippen MR) is 61.6 cm³/mol. The van der Waals surface area contributed by atoms with Crippen molar-refractivity contribution in [3.63, 3.8) is 0 Å². The number of carbonyl (C=O) groups is 1. The third-order valence-electron chi connectivity index (χ3n) is 2.11. The molecule has 0 aliphatic heterocycles. The van der Waals surface area contributed by atoms with E-state index in [0.29, 0.717) is 5.56 Å². The second-order valence-electron chi connectivity index (χ2n) is 3.37. The highest BCUT2D eigenvalue weighted by Crippen LogP contribution is 2.18. The third kappa shape index (κ3) is 3.25. The van der Waals surface area contributed by atoms with Gasteiger partial charge in [0.05, 0.1) is 13.0 Å². The number of halogens is 2. The van der Waals surface area contributed by atoms with Gasteiger partial charge in [-0.1, -0.05) is 23.6 Å². The van der Waals surface area contributed by atoms with Crippen LogP contribution < -0.4 is 0 Å². The second-order valence-corrected chi connectivity index (χ2v) is 3.77. The first-order valence-electron chi connectivity index (χ1n) is 4.66. The minimum Gasteiger partial charge on any atom is -0.334 e. The number of likely N-dealkylation sites (N-methyl/N-ethyl adjacent to an activating group) is 1. The fourth-order valence-electron chi connectivity index (χ4n) is 1.19. The fourth-order valence-corrected chi connectivity index (χ4v) is 1.42. The number of hydrogen-bond acceptors (Lipinski definition) is 1. The topological polar surface area (TPSA) is 20.3 Å². The first-order chi connectivity index (χ1) is 7.54. The predicted octanol–water partition coefficient (Wildman–Crippen LogP) is 2.11. The van der Waals surface area contributed by atoms with Crippen molar-refractivity contribution in [2.75, 3.05) is 13.6 Å². The van der Waals surface area contributed by atoms with E-state index in [1.165, 1.54) is 23.1 Å². The molecule has 0 spiro atoms. The van der Waals surface area contributed by atoms with Gasteiger partial charge in [0.25, 0.3) is 0 Å². The first-order valence-corrected chi connectivity index (χ1v) is 5.03. The molecule has 0 bridgehead atoms. The maximum atomic E-state index is 12.8. The van der Waals surface area contributed by atoms with Crippen LogP contribution in [0.2, 0.25) is 5.02 Å². The van der Waals surface area contributed by atoms with Crippen LogP contribution in [-0.4, -0.2) is 24.4 Å². The highest BCUT2D eigenvalue weighted by molar-refractivity contribution is 6.31. The Morgan fingerprint density at radius 2 is 2.31 bits per heavy atom. The van der Waals surface area contributed by atoms with Gasteiger partial charge in [-0.3, -0.25) is 4.79 Å². The number of nitrogens with zero attached hydrogens (tertiary/aromatic N) is 1. The average Bonchev–Trinajstić information content (AvgIpc) is 2.22. The zero-order chi connectivity index (χ0) is 12.1. The monoisotopic (exact) mass is 239 g/mol. The lowest BCUT2D eigenvalue weighted by atomic mass is 10.1. The van der Waals surface area contributed by atoms with Gasteiger partial charge in [0.1, 0.15) is 5.82 Å². The Labute approximate surface area is 99.0 Å². The van der Waals surface area contributed by atoms with Crippen molar-refractivity contribution in [2.45, 2.75) is 6.42 Å². The van der Waals surface area contributed by atoms with Gasteiger partial charge < -0.3 is 4.90 Å². The maximum absolute atomic E-state index is 12.8. The van der Waals surface area contributed by atoms with Crippen LogP contribution in [0, 0.1) is 18.2 Å². The van der Waals surface area contributed by atoms with Crippen molar-refractivity contribution in [1.29, 1.82) is 0 Å². The summed E-state index contributed by atoms with van der Waals surface area (Å²) in [5, 5.41) is 0.252. The largest absolute Gasteiger partial charge is 0.334 e. The van der Waals surface area contributed by atoms with Gasteiger partial charge in [0.15, 0.2) is 0 Å². The Kier molecular flexibility index (Phi) is 4.33. The molecule has 0 aromatic heterocycles. The summed E-state index contributed by atoms with van der Waals surface area (Å²) in [5.74, 6) is 1.80. The van der Waals surface area contributed by atoms with E-state index in [9.17, 15) is 9.18 Å². The molecule has 0 saturated heterocycles. The molecule has 0 aliphatic rings. The summed E-state index contributed by atoms with van der Waals surface area (Å²) in [5.41, 5.74) is 0.594. The van der Waals surface area contributed by atoms with E-state index in [2.05, 4.69) is 5.92 Å². The molecule has 0 fully saturated rings. The number of hydrogen-bond donors (Lipinski definition) is 0. The highest BCUT2D eigenvalue weighted by Gasteiger charge is 2.11. The number of terminal acetylenes is 1. The van der Waals surface area contributed by atoms with Gasteiger partial charge in [-0.2, -0.15) is 0 Å². The molecular formula is C12H11ClFNO. The molecule has 2 nitrogen and oxygen atoms in total. The lowest BCUT2D eigenvalue weighted by molar-refractivity contribution is -0.128. The van der Waals surface area contributed by atoms with Crippen molar-refractivity contribution >= 4 is 17.5 Å². The van der Waals surface area contributed by atoms with Crippen molar-refractivity contribution in [2.24, 2.45) is 0 Å². The van der Waals surface area contributed by atoms with Crippen molar-refractivity contribution < 1.29 is 9.18 Å². The standard InChI is InChI=1S/C12H11ClFNO/c1-3-6-15(2)12(16)7-9-4-5-10(14)8-11(9)13/h1,4-5,8H,6-7H2,2H3. The minimum absolute atomic E-state index is 0.122. The van der Waals surface area contributed by atoms with Gasteiger partial charge >= 0.3 is 0 Å². The van der Waals surface area contributed by atoms with Gasteiger partial charge in [-0.25, -0.2) is 4.39 Å². The molecule has 0 N–H and O–H groups in total. The van der Waals surface area contributed by atoms with Crippen LogP contribution >= 0.6 is 11.6 Å². The van der Waals surface area contributed by atoms with Crippen LogP contribution in [0.15, 0.2) is 18.2 Å². The fraction of sp³-hybridized carbons (Fsp3) is 0.250. The summed E-state index contributed by atoms with van der Waals surface area (Å²) in [6.07, 6.45) is 5.21. The van der Waals surface area contributed by atoms with Gasteiger partial charge in [-0.15, -0.1) is 6.42 Å². The van der Waals surface area contributed by atoms with E-state index < -0.39 is 5.82 Å². The summed E-state index contributed by atoms with van der Waals surface area (Å²) in [6, 6.07) is 3.96. The van der Waals surface area contributed by atoms with Crippen LogP contribution in [0.1, 0.15) is 5.56 Å². The summed E-state index contributed by atoms with van der Waals surface area (Å²) in [7, 11) is 1.61. The smallest absolute Gasteiger partial charge is 0.227 e. The van der Waals surface area contributed by atoms with E-state index in [4.69, 9.17) is 18.0 Å². The Morgan fingerprint density at radius 3 is 2.88 bits per heavy atom. The van der Waals surface area contributed by atoms with Crippen molar-refractivity contribution in [3.05, 3.63) is 34.6 Å². The zero-order valence-electron chi connectivity index (χ0n) is 8.84. The Balaban J connectivity index is 2.74. The van der Waals surface area contributed by atoms with Crippen LogP contribution in [0.4, 0.5) is 4.39 Å². The molecule has 0 aliphatic carbocycles. The molecule has 1 amide bonds. The lowest BCUT2D eigenvalue weighted by Crippen LogP contribution is -2.28. The molecule has 0 radical (unpaired) electrons.